The predicted octanol–water partition coefficient (Wildman–Crippen LogP) is 1.17. The second kappa shape index (κ2) is 6.88. The van der Waals surface area contributed by atoms with Crippen LogP contribution >= 0.6 is 28.1 Å². The monoisotopic (exact) mass is 398 g/mol. The Hall–Kier alpha value is -2.26. The number of carboxylic acid groups (broad SMARTS) is 1. The Balaban J connectivity index is 2.27. The van der Waals surface area contributed by atoms with Crippen LogP contribution in [0, 0.1) is 0 Å². The number of nitrogens with zero attached hydrogens (tertiary/aromatic N) is 1. The zero-order valence-electron chi connectivity index (χ0n) is 11.8. The van der Waals surface area contributed by atoms with E-state index in [1.165, 1.54) is 18.0 Å². The van der Waals surface area contributed by atoms with Crippen molar-refractivity contribution in [3.63, 3.8) is 0 Å². The minimum absolute atomic E-state index is 0.0489. The van der Waals surface area contributed by atoms with Crippen LogP contribution in [0.5, 0.6) is 5.75 Å². The standard InChI is InChI=1S/C14H11BrN2O5S/c1-17-13(21)8(12(20)16-14(17)23)4-7-2-3-10(9(15)5-7)22-6-11(18)19/h2-5H,6H2,1H3,(H,18,19)(H,16,20,23). The van der Waals surface area contributed by atoms with Gasteiger partial charge < -0.3 is 9.84 Å². The molecular formula is C14H11BrN2O5S. The van der Waals surface area contributed by atoms with E-state index in [1.54, 1.807) is 18.2 Å². The van der Waals surface area contributed by atoms with Gasteiger partial charge in [0.2, 0.25) is 0 Å². The molecule has 1 heterocycles. The molecule has 2 rings (SSSR count). The Morgan fingerprint density at radius 3 is 2.78 bits per heavy atom. The van der Waals surface area contributed by atoms with Gasteiger partial charge in [-0.05, 0) is 51.9 Å². The summed E-state index contributed by atoms with van der Waals surface area (Å²) in [6.45, 7) is -0.470. The molecule has 1 aliphatic heterocycles. The number of hydrogen-bond acceptors (Lipinski definition) is 5. The van der Waals surface area contributed by atoms with Gasteiger partial charge in [-0.1, -0.05) is 6.07 Å². The van der Waals surface area contributed by atoms with E-state index < -0.39 is 24.4 Å². The van der Waals surface area contributed by atoms with Gasteiger partial charge in [-0.15, -0.1) is 0 Å². The summed E-state index contributed by atoms with van der Waals surface area (Å²) in [6.07, 6.45) is 1.42. The Morgan fingerprint density at radius 1 is 1.48 bits per heavy atom. The van der Waals surface area contributed by atoms with E-state index in [9.17, 15) is 14.4 Å². The molecule has 0 spiro atoms. The SMILES string of the molecule is CN1C(=O)C(=Cc2ccc(OCC(=O)O)c(Br)c2)C(=O)NC1=S. The number of carboxylic acids is 1. The van der Waals surface area contributed by atoms with Crippen molar-refractivity contribution in [3.05, 3.63) is 33.8 Å². The fourth-order valence-corrected chi connectivity index (χ4v) is 2.46. The molecule has 2 amide bonds. The number of aliphatic carboxylic acids is 1. The van der Waals surface area contributed by atoms with E-state index in [0.29, 0.717) is 15.8 Å². The van der Waals surface area contributed by atoms with E-state index in [2.05, 4.69) is 21.2 Å². The highest BCUT2D eigenvalue weighted by atomic mass is 79.9. The lowest BCUT2D eigenvalue weighted by Gasteiger charge is -2.25. The number of thiocarbonyl (C=S) groups is 1. The van der Waals surface area contributed by atoms with Gasteiger partial charge >= 0.3 is 5.97 Å². The van der Waals surface area contributed by atoms with Crippen LogP contribution in [0.4, 0.5) is 0 Å². The highest BCUT2D eigenvalue weighted by Crippen LogP contribution is 2.27. The normalized spacial score (nSPS) is 16.5. The molecule has 23 heavy (non-hydrogen) atoms. The summed E-state index contributed by atoms with van der Waals surface area (Å²) in [5, 5.41) is 11.1. The molecule has 1 aliphatic rings. The van der Waals surface area contributed by atoms with Crippen LogP contribution in [-0.4, -0.2) is 46.6 Å². The fourth-order valence-electron chi connectivity index (χ4n) is 1.78. The molecule has 2 N–H and O–H groups in total. The maximum absolute atomic E-state index is 12.1. The third-order valence-electron chi connectivity index (χ3n) is 2.92. The lowest BCUT2D eigenvalue weighted by Crippen LogP contribution is -2.52. The molecular weight excluding hydrogens is 388 g/mol. The van der Waals surface area contributed by atoms with Crippen LogP contribution in [0.25, 0.3) is 6.08 Å². The summed E-state index contributed by atoms with van der Waals surface area (Å²) >= 11 is 8.11. The summed E-state index contributed by atoms with van der Waals surface area (Å²) in [4.78, 5) is 35.6. The summed E-state index contributed by atoms with van der Waals surface area (Å²) in [5.41, 5.74) is 0.520. The molecule has 0 aromatic heterocycles. The molecule has 1 saturated heterocycles. The van der Waals surface area contributed by atoms with Gasteiger partial charge in [-0.25, -0.2) is 4.79 Å². The molecule has 7 nitrogen and oxygen atoms in total. The zero-order valence-corrected chi connectivity index (χ0v) is 14.2. The van der Waals surface area contributed by atoms with Crippen LogP contribution in [0.1, 0.15) is 5.56 Å². The van der Waals surface area contributed by atoms with E-state index in [0.717, 1.165) is 0 Å². The molecule has 1 aromatic carbocycles. The summed E-state index contributed by atoms with van der Waals surface area (Å²) in [6, 6.07) is 4.75. The smallest absolute Gasteiger partial charge is 0.341 e. The van der Waals surface area contributed by atoms with E-state index in [-0.39, 0.29) is 10.7 Å². The first-order valence-corrected chi connectivity index (χ1v) is 7.49. The van der Waals surface area contributed by atoms with Crippen molar-refractivity contribution >= 4 is 57.1 Å². The van der Waals surface area contributed by atoms with Gasteiger partial charge in [-0.2, -0.15) is 0 Å². The zero-order chi connectivity index (χ0) is 17.1. The molecule has 9 heteroatoms. The molecule has 120 valence electrons. The molecule has 0 aliphatic carbocycles. The molecule has 0 bridgehead atoms. The number of carbonyl (C=O) groups is 3. The van der Waals surface area contributed by atoms with Crippen molar-refractivity contribution in [2.45, 2.75) is 0 Å². The van der Waals surface area contributed by atoms with Gasteiger partial charge in [0.05, 0.1) is 4.47 Å². The van der Waals surface area contributed by atoms with Crippen LogP contribution in [-0.2, 0) is 14.4 Å². The number of benzene rings is 1. The van der Waals surface area contributed by atoms with Crippen molar-refractivity contribution in [3.8, 4) is 5.75 Å². The number of likely N-dealkylation sites (N-methyl/N-ethyl adjacent to an activating group) is 1. The van der Waals surface area contributed by atoms with E-state index in [1.807, 2.05) is 0 Å². The molecule has 0 saturated carbocycles. The van der Waals surface area contributed by atoms with Gasteiger partial charge in [0.1, 0.15) is 11.3 Å². The highest BCUT2D eigenvalue weighted by molar-refractivity contribution is 9.10. The van der Waals surface area contributed by atoms with Gasteiger partial charge in [0.15, 0.2) is 11.7 Å². The van der Waals surface area contributed by atoms with Gasteiger partial charge in [0, 0.05) is 7.05 Å². The number of ether oxygens (including phenoxy) is 1. The van der Waals surface area contributed by atoms with Crippen LogP contribution < -0.4 is 10.1 Å². The third kappa shape index (κ3) is 3.93. The fraction of sp³-hybridized carbons (Fsp3) is 0.143. The maximum atomic E-state index is 12.1. The molecule has 0 unspecified atom stereocenters. The first-order valence-electron chi connectivity index (χ1n) is 6.29. The summed E-state index contributed by atoms with van der Waals surface area (Å²) in [7, 11) is 1.47. The van der Waals surface area contributed by atoms with E-state index >= 15 is 0 Å². The van der Waals surface area contributed by atoms with Crippen molar-refractivity contribution in [2.24, 2.45) is 0 Å². The van der Waals surface area contributed by atoms with Gasteiger partial charge in [0.25, 0.3) is 11.8 Å². The number of halogens is 1. The average molecular weight is 399 g/mol. The number of carbonyl (C=O) groups excluding carboxylic acids is 2. The third-order valence-corrected chi connectivity index (χ3v) is 3.92. The minimum atomic E-state index is -1.09. The first-order chi connectivity index (χ1) is 10.8. The highest BCUT2D eigenvalue weighted by Gasteiger charge is 2.30. The van der Waals surface area contributed by atoms with Crippen molar-refractivity contribution in [1.29, 1.82) is 0 Å². The topological polar surface area (TPSA) is 95.9 Å². The van der Waals surface area contributed by atoms with Crippen molar-refractivity contribution in [2.75, 3.05) is 13.7 Å². The molecule has 1 aromatic rings. The van der Waals surface area contributed by atoms with Gasteiger partial charge in [-0.3, -0.25) is 19.8 Å². The maximum Gasteiger partial charge on any atom is 0.341 e. The average Bonchev–Trinajstić information content (AvgIpc) is 2.48. The molecule has 0 radical (unpaired) electrons. The Labute approximate surface area is 145 Å². The van der Waals surface area contributed by atoms with Crippen molar-refractivity contribution < 1.29 is 24.2 Å². The second-order valence-electron chi connectivity index (χ2n) is 4.55. The molecule has 1 fully saturated rings. The Kier molecular flexibility index (Phi) is 5.12. The number of nitrogens with one attached hydrogen (secondary N) is 1. The van der Waals surface area contributed by atoms with Crippen LogP contribution in [0.15, 0.2) is 28.2 Å². The Bertz CT molecular complexity index is 747. The predicted molar refractivity (Wildman–Crippen MR) is 88.8 cm³/mol. The Morgan fingerprint density at radius 2 is 2.17 bits per heavy atom. The lowest BCUT2D eigenvalue weighted by atomic mass is 10.1. The summed E-state index contributed by atoms with van der Waals surface area (Å²) in [5.74, 6) is -1.82. The van der Waals surface area contributed by atoms with Crippen LogP contribution in [0.3, 0.4) is 0 Å². The number of hydrogen-bond donors (Lipinski definition) is 2. The first kappa shape index (κ1) is 17.1. The minimum Gasteiger partial charge on any atom is -0.481 e. The largest absolute Gasteiger partial charge is 0.481 e. The molecule has 0 atom stereocenters. The van der Waals surface area contributed by atoms with E-state index in [4.69, 9.17) is 22.1 Å². The summed E-state index contributed by atoms with van der Waals surface area (Å²) < 4.78 is 5.58. The number of rotatable bonds is 4. The quantitative estimate of drug-likeness (QED) is 0.449. The van der Waals surface area contributed by atoms with Crippen molar-refractivity contribution in [1.82, 2.24) is 10.2 Å². The number of amides is 2. The lowest BCUT2D eigenvalue weighted by molar-refractivity contribution is -0.139. The van der Waals surface area contributed by atoms with Crippen LogP contribution in [0.2, 0.25) is 0 Å². The second-order valence-corrected chi connectivity index (χ2v) is 5.79.